The SMILES string of the molecule is O=C(c1cnc(NCc2cccc(OC(F)F)c2)nc1)N1CCC(OCc2cn[nH]n2)CC1. The van der Waals surface area contributed by atoms with E-state index in [2.05, 4.69) is 35.4 Å². The number of ether oxygens (including phenoxy) is 2. The van der Waals surface area contributed by atoms with Crippen molar-refractivity contribution in [3.05, 3.63) is 59.7 Å². The van der Waals surface area contributed by atoms with Gasteiger partial charge in [-0.1, -0.05) is 12.1 Å². The number of H-pyrrole nitrogens is 1. The highest BCUT2D eigenvalue weighted by atomic mass is 19.3. The molecule has 1 fully saturated rings. The van der Waals surface area contributed by atoms with Gasteiger partial charge in [-0.05, 0) is 30.5 Å². The molecule has 4 rings (SSSR count). The van der Waals surface area contributed by atoms with E-state index in [4.69, 9.17) is 4.74 Å². The minimum Gasteiger partial charge on any atom is -0.435 e. The van der Waals surface area contributed by atoms with Gasteiger partial charge in [0.1, 0.15) is 11.4 Å². The number of amides is 1. The molecule has 1 amide bonds. The van der Waals surface area contributed by atoms with Crippen molar-refractivity contribution in [1.29, 1.82) is 0 Å². The van der Waals surface area contributed by atoms with Gasteiger partial charge in [-0.15, -0.1) is 0 Å². The number of anilines is 1. The minimum atomic E-state index is -2.88. The predicted molar refractivity (Wildman–Crippen MR) is 113 cm³/mol. The number of piperidine rings is 1. The van der Waals surface area contributed by atoms with Crippen LogP contribution in [0.2, 0.25) is 0 Å². The molecule has 0 unspecified atom stereocenters. The summed E-state index contributed by atoms with van der Waals surface area (Å²) in [4.78, 5) is 22.9. The Hall–Kier alpha value is -3.67. The van der Waals surface area contributed by atoms with E-state index in [1.165, 1.54) is 24.5 Å². The highest BCUT2D eigenvalue weighted by Crippen LogP contribution is 2.18. The second kappa shape index (κ2) is 10.8. The first kappa shape index (κ1) is 22.5. The van der Waals surface area contributed by atoms with Gasteiger partial charge in [0, 0.05) is 32.0 Å². The maximum Gasteiger partial charge on any atom is 0.387 e. The van der Waals surface area contributed by atoms with E-state index in [1.54, 1.807) is 23.2 Å². The summed E-state index contributed by atoms with van der Waals surface area (Å²) in [5, 5.41) is 13.2. The highest BCUT2D eigenvalue weighted by Gasteiger charge is 2.24. The number of nitrogens with one attached hydrogen (secondary N) is 2. The van der Waals surface area contributed by atoms with Crippen molar-refractivity contribution in [2.75, 3.05) is 18.4 Å². The molecule has 0 radical (unpaired) electrons. The molecule has 0 atom stereocenters. The Labute approximate surface area is 188 Å². The smallest absolute Gasteiger partial charge is 0.387 e. The van der Waals surface area contributed by atoms with Crippen LogP contribution in [-0.4, -0.2) is 62.0 Å². The fraction of sp³-hybridized carbons (Fsp3) is 0.381. The van der Waals surface area contributed by atoms with Gasteiger partial charge in [0.15, 0.2) is 0 Å². The van der Waals surface area contributed by atoms with Crippen LogP contribution in [0.3, 0.4) is 0 Å². The Morgan fingerprint density at radius 2 is 2.00 bits per heavy atom. The number of aromatic nitrogens is 5. The molecule has 0 aliphatic carbocycles. The summed E-state index contributed by atoms with van der Waals surface area (Å²) in [6.07, 6.45) is 6.10. The number of benzene rings is 1. The molecule has 10 nitrogen and oxygen atoms in total. The molecule has 1 aliphatic rings. The average molecular weight is 459 g/mol. The summed E-state index contributed by atoms with van der Waals surface area (Å²) < 4.78 is 34.9. The van der Waals surface area contributed by atoms with Crippen LogP contribution in [-0.2, 0) is 17.9 Å². The zero-order chi connectivity index (χ0) is 23.0. The fourth-order valence-electron chi connectivity index (χ4n) is 3.45. The fourth-order valence-corrected chi connectivity index (χ4v) is 3.45. The van der Waals surface area contributed by atoms with Crippen LogP contribution in [0, 0.1) is 0 Å². The molecular weight excluding hydrogens is 436 g/mol. The lowest BCUT2D eigenvalue weighted by Crippen LogP contribution is -2.41. The number of nitrogens with zero attached hydrogens (tertiary/aromatic N) is 5. The quantitative estimate of drug-likeness (QED) is 0.501. The van der Waals surface area contributed by atoms with E-state index >= 15 is 0 Å². The Bertz CT molecular complexity index is 1030. The molecule has 1 aliphatic heterocycles. The highest BCUT2D eigenvalue weighted by molar-refractivity contribution is 5.93. The number of rotatable bonds is 9. The predicted octanol–water partition coefficient (Wildman–Crippen LogP) is 2.63. The van der Waals surface area contributed by atoms with Gasteiger partial charge in [0.05, 0.1) is 24.5 Å². The number of alkyl halides is 2. The molecule has 174 valence electrons. The molecule has 2 N–H and O–H groups in total. The molecule has 12 heteroatoms. The topological polar surface area (TPSA) is 118 Å². The van der Waals surface area contributed by atoms with Crippen molar-refractivity contribution in [2.45, 2.75) is 38.7 Å². The van der Waals surface area contributed by atoms with Crippen LogP contribution in [0.15, 0.2) is 42.9 Å². The van der Waals surface area contributed by atoms with Crippen molar-refractivity contribution >= 4 is 11.9 Å². The molecule has 3 aromatic rings. The second-order valence-electron chi connectivity index (χ2n) is 7.44. The van der Waals surface area contributed by atoms with Crippen molar-refractivity contribution in [3.63, 3.8) is 0 Å². The molecule has 33 heavy (non-hydrogen) atoms. The summed E-state index contributed by atoms with van der Waals surface area (Å²) in [7, 11) is 0. The van der Waals surface area contributed by atoms with Crippen molar-refractivity contribution in [2.24, 2.45) is 0 Å². The number of hydrogen-bond acceptors (Lipinski definition) is 8. The van der Waals surface area contributed by atoms with Crippen LogP contribution in [0.25, 0.3) is 0 Å². The molecule has 0 bridgehead atoms. The van der Waals surface area contributed by atoms with Crippen molar-refractivity contribution in [3.8, 4) is 5.75 Å². The standard InChI is InChI=1S/C21H23F2N7O3/c22-20(23)33-18-3-1-2-14(8-18)9-24-21-25-10-15(11-26-21)19(31)30-6-4-17(5-7-30)32-13-16-12-27-29-28-16/h1-3,8,10-12,17,20H,4-7,9,13H2,(H,24,25,26)(H,27,28,29). The summed E-state index contributed by atoms with van der Waals surface area (Å²) >= 11 is 0. The Morgan fingerprint density at radius 3 is 2.70 bits per heavy atom. The Morgan fingerprint density at radius 1 is 1.21 bits per heavy atom. The zero-order valence-corrected chi connectivity index (χ0v) is 17.7. The Balaban J connectivity index is 1.24. The maximum atomic E-state index is 12.8. The molecule has 2 aromatic heterocycles. The van der Waals surface area contributed by atoms with Crippen LogP contribution in [0.1, 0.15) is 34.5 Å². The molecule has 3 heterocycles. The van der Waals surface area contributed by atoms with Crippen LogP contribution >= 0.6 is 0 Å². The molecule has 1 saturated heterocycles. The van der Waals surface area contributed by atoms with Gasteiger partial charge in [-0.25, -0.2) is 9.97 Å². The van der Waals surface area contributed by atoms with E-state index in [0.717, 1.165) is 24.1 Å². The van der Waals surface area contributed by atoms with E-state index in [0.29, 0.717) is 37.8 Å². The average Bonchev–Trinajstić information content (AvgIpc) is 3.35. The maximum absolute atomic E-state index is 12.8. The van der Waals surface area contributed by atoms with Crippen LogP contribution < -0.4 is 10.1 Å². The van der Waals surface area contributed by atoms with Gasteiger partial charge >= 0.3 is 6.61 Å². The molecular formula is C21H23F2N7O3. The monoisotopic (exact) mass is 459 g/mol. The lowest BCUT2D eigenvalue weighted by Gasteiger charge is -2.31. The molecule has 0 saturated carbocycles. The molecule has 0 spiro atoms. The first-order valence-electron chi connectivity index (χ1n) is 10.4. The van der Waals surface area contributed by atoms with Gasteiger partial charge in [0.2, 0.25) is 5.95 Å². The van der Waals surface area contributed by atoms with Gasteiger partial charge in [0.25, 0.3) is 5.91 Å². The summed E-state index contributed by atoms with van der Waals surface area (Å²) in [5.74, 6) is 0.276. The summed E-state index contributed by atoms with van der Waals surface area (Å²) in [5.41, 5.74) is 1.87. The van der Waals surface area contributed by atoms with Gasteiger partial charge < -0.3 is 19.7 Å². The number of carbonyl (C=O) groups excluding carboxylic acids is 1. The van der Waals surface area contributed by atoms with Crippen molar-refractivity contribution in [1.82, 2.24) is 30.3 Å². The largest absolute Gasteiger partial charge is 0.435 e. The first-order valence-corrected chi connectivity index (χ1v) is 10.4. The van der Waals surface area contributed by atoms with E-state index in [1.807, 2.05) is 0 Å². The number of likely N-dealkylation sites (tertiary alicyclic amines) is 1. The van der Waals surface area contributed by atoms with Gasteiger partial charge in [-0.2, -0.15) is 24.2 Å². The minimum absolute atomic E-state index is 0.0678. The Kier molecular flexibility index (Phi) is 7.35. The van der Waals surface area contributed by atoms with E-state index < -0.39 is 6.61 Å². The number of halogens is 2. The lowest BCUT2D eigenvalue weighted by molar-refractivity contribution is -0.0498. The molecule has 1 aromatic carbocycles. The third-order valence-corrected chi connectivity index (χ3v) is 5.13. The van der Waals surface area contributed by atoms with E-state index in [9.17, 15) is 13.6 Å². The second-order valence-corrected chi connectivity index (χ2v) is 7.44. The number of aromatic amines is 1. The van der Waals surface area contributed by atoms with Crippen LogP contribution in [0.5, 0.6) is 5.75 Å². The van der Waals surface area contributed by atoms with Crippen LogP contribution in [0.4, 0.5) is 14.7 Å². The normalized spacial score (nSPS) is 14.5. The van der Waals surface area contributed by atoms with Crippen molar-refractivity contribution < 1.29 is 23.0 Å². The zero-order valence-electron chi connectivity index (χ0n) is 17.7. The number of hydrogen-bond donors (Lipinski definition) is 2. The summed E-state index contributed by atoms with van der Waals surface area (Å²) in [6.45, 7) is -1.01. The summed E-state index contributed by atoms with van der Waals surface area (Å²) in [6, 6.07) is 6.36. The third kappa shape index (κ3) is 6.42. The number of carbonyl (C=O) groups is 1. The third-order valence-electron chi connectivity index (χ3n) is 5.13. The van der Waals surface area contributed by atoms with Gasteiger partial charge in [-0.3, -0.25) is 4.79 Å². The lowest BCUT2D eigenvalue weighted by atomic mass is 10.1. The first-order chi connectivity index (χ1) is 16.1. The van der Waals surface area contributed by atoms with E-state index in [-0.39, 0.29) is 17.8 Å².